The highest BCUT2D eigenvalue weighted by molar-refractivity contribution is 7.11. The van der Waals surface area contributed by atoms with Crippen LogP contribution in [-0.2, 0) is 19.5 Å². The van der Waals surface area contributed by atoms with Gasteiger partial charge in [0.15, 0.2) is 0 Å². The first-order valence-electron chi connectivity index (χ1n) is 6.85. The number of aryl methyl sites for hydroxylation is 1. The van der Waals surface area contributed by atoms with Gasteiger partial charge in [-0.1, -0.05) is 26.0 Å². The maximum Gasteiger partial charge on any atom is 0.0331 e. The lowest BCUT2D eigenvalue weighted by molar-refractivity contribution is 0.274. The van der Waals surface area contributed by atoms with Crippen LogP contribution in [0.4, 0.5) is 5.69 Å². The fourth-order valence-corrected chi connectivity index (χ4v) is 3.08. The molecule has 0 unspecified atom stereocenters. The van der Waals surface area contributed by atoms with Gasteiger partial charge in [-0.2, -0.15) is 0 Å². The molecule has 102 valence electrons. The van der Waals surface area contributed by atoms with Crippen molar-refractivity contribution in [2.24, 2.45) is 0 Å². The van der Waals surface area contributed by atoms with Crippen LogP contribution >= 0.6 is 11.3 Å². The molecule has 0 saturated heterocycles. The van der Waals surface area contributed by atoms with Crippen molar-refractivity contribution in [3.8, 4) is 0 Å². The number of benzene rings is 1. The summed E-state index contributed by atoms with van der Waals surface area (Å²) in [5.41, 5.74) is 7.87. The number of nitrogen functional groups attached to an aromatic ring is 1. The molecule has 0 atom stereocenters. The second kappa shape index (κ2) is 6.73. The topological polar surface area (TPSA) is 29.3 Å². The van der Waals surface area contributed by atoms with E-state index in [1.807, 2.05) is 23.5 Å². The van der Waals surface area contributed by atoms with Gasteiger partial charge in [0.05, 0.1) is 0 Å². The van der Waals surface area contributed by atoms with Gasteiger partial charge in [-0.05, 0) is 42.8 Å². The molecular weight excluding hydrogens is 252 g/mol. The van der Waals surface area contributed by atoms with Gasteiger partial charge in [0.2, 0.25) is 0 Å². The predicted octanol–water partition coefficient (Wildman–Crippen LogP) is 3.91. The van der Waals surface area contributed by atoms with Crippen molar-refractivity contribution in [2.45, 2.75) is 33.4 Å². The van der Waals surface area contributed by atoms with Crippen LogP contribution in [0.15, 0.2) is 36.4 Å². The zero-order chi connectivity index (χ0) is 13.7. The van der Waals surface area contributed by atoms with Crippen molar-refractivity contribution in [3.63, 3.8) is 0 Å². The summed E-state index contributed by atoms with van der Waals surface area (Å²) in [5.74, 6) is 0. The van der Waals surface area contributed by atoms with Crippen LogP contribution in [-0.4, -0.2) is 11.4 Å². The van der Waals surface area contributed by atoms with Crippen molar-refractivity contribution < 1.29 is 0 Å². The second-order valence-corrected chi connectivity index (χ2v) is 6.02. The van der Waals surface area contributed by atoms with Gasteiger partial charge in [-0.25, -0.2) is 0 Å². The van der Waals surface area contributed by atoms with Crippen LogP contribution in [0.1, 0.15) is 29.2 Å². The molecule has 2 nitrogen and oxygen atoms in total. The summed E-state index contributed by atoms with van der Waals surface area (Å²) in [6.07, 6.45) is 1.13. The number of nitrogens with two attached hydrogens (primary N) is 1. The summed E-state index contributed by atoms with van der Waals surface area (Å²) in [6, 6.07) is 12.7. The van der Waals surface area contributed by atoms with Gasteiger partial charge in [0.25, 0.3) is 0 Å². The number of hydrogen-bond donors (Lipinski definition) is 1. The van der Waals surface area contributed by atoms with Crippen LogP contribution in [0.25, 0.3) is 0 Å². The molecule has 0 spiro atoms. The van der Waals surface area contributed by atoms with Crippen LogP contribution in [0.5, 0.6) is 0 Å². The fraction of sp³-hybridized carbons (Fsp3) is 0.375. The number of rotatable bonds is 6. The first kappa shape index (κ1) is 14.1. The van der Waals surface area contributed by atoms with Crippen LogP contribution < -0.4 is 5.73 Å². The van der Waals surface area contributed by atoms with Crippen LogP contribution in [0.2, 0.25) is 0 Å². The van der Waals surface area contributed by atoms with Crippen molar-refractivity contribution >= 4 is 17.0 Å². The molecule has 0 bridgehead atoms. The summed E-state index contributed by atoms with van der Waals surface area (Å²) in [6.45, 7) is 7.50. The van der Waals surface area contributed by atoms with Crippen molar-refractivity contribution in [1.82, 2.24) is 4.90 Å². The average Bonchev–Trinajstić information content (AvgIpc) is 2.88. The smallest absolute Gasteiger partial charge is 0.0331 e. The largest absolute Gasteiger partial charge is 0.399 e. The molecule has 2 N–H and O–H groups in total. The normalized spacial score (nSPS) is 11.1. The summed E-state index contributed by atoms with van der Waals surface area (Å²) in [7, 11) is 0. The van der Waals surface area contributed by atoms with E-state index in [0.29, 0.717) is 0 Å². The lowest BCUT2D eigenvalue weighted by atomic mass is 10.2. The van der Waals surface area contributed by atoms with E-state index in [1.165, 1.54) is 15.3 Å². The molecule has 0 saturated carbocycles. The number of hydrogen-bond acceptors (Lipinski definition) is 3. The zero-order valence-corrected chi connectivity index (χ0v) is 12.5. The maximum absolute atomic E-state index is 5.72. The minimum Gasteiger partial charge on any atom is -0.399 e. The van der Waals surface area contributed by atoms with E-state index in [9.17, 15) is 0 Å². The Morgan fingerprint density at radius 2 is 1.63 bits per heavy atom. The highest BCUT2D eigenvalue weighted by Crippen LogP contribution is 2.19. The van der Waals surface area contributed by atoms with Crippen molar-refractivity contribution in [2.75, 3.05) is 12.3 Å². The molecule has 0 aliphatic rings. The molecule has 0 amide bonds. The third-order valence-corrected chi connectivity index (χ3v) is 4.49. The van der Waals surface area contributed by atoms with E-state index < -0.39 is 0 Å². The molecule has 2 aromatic rings. The highest BCUT2D eigenvalue weighted by atomic mass is 32.1. The molecule has 1 heterocycles. The van der Waals surface area contributed by atoms with E-state index in [-0.39, 0.29) is 0 Å². The van der Waals surface area contributed by atoms with E-state index in [0.717, 1.165) is 31.7 Å². The molecule has 0 aliphatic carbocycles. The molecule has 3 heteroatoms. The van der Waals surface area contributed by atoms with Crippen molar-refractivity contribution in [3.05, 3.63) is 51.7 Å². The monoisotopic (exact) mass is 274 g/mol. The van der Waals surface area contributed by atoms with Crippen LogP contribution in [0.3, 0.4) is 0 Å². The molecule has 19 heavy (non-hydrogen) atoms. The Labute approximate surface area is 119 Å². The summed E-state index contributed by atoms with van der Waals surface area (Å²) in [4.78, 5) is 5.38. The minimum absolute atomic E-state index is 0.831. The number of anilines is 1. The van der Waals surface area contributed by atoms with Gasteiger partial charge < -0.3 is 5.73 Å². The van der Waals surface area contributed by atoms with Gasteiger partial charge in [-0.15, -0.1) is 11.3 Å². The molecule has 1 aromatic heterocycles. The Morgan fingerprint density at radius 1 is 0.947 bits per heavy atom. The summed E-state index contributed by atoms with van der Waals surface area (Å²) in [5, 5.41) is 0. The number of nitrogens with zero attached hydrogens (tertiary/aromatic N) is 1. The van der Waals surface area contributed by atoms with E-state index in [4.69, 9.17) is 5.73 Å². The maximum atomic E-state index is 5.72. The number of thiophene rings is 1. The summed E-state index contributed by atoms with van der Waals surface area (Å²) >= 11 is 1.93. The minimum atomic E-state index is 0.831. The average molecular weight is 274 g/mol. The SMILES string of the molecule is CCc1ccc(CN(CC)Cc2ccc(N)cc2)s1. The molecular formula is C16H22N2S. The first-order chi connectivity index (χ1) is 9.21. The lowest BCUT2D eigenvalue weighted by Gasteiger charge is -2.19. The Bertz CT molecular complexity index is 502. The Balaban J connectivity index is 1.98. The van der Waals surface area contributed by atoms with Crippen LogP contribution in [0, 0.1) is 0 Å². The Kier molecular flexibility index (Phi) is 5.00. The Hall–Kier alpha value is -1.32. The molecule has 1 aromatic carbocycles. The second-order valence-electron chi connectivity index (χ2n) is 4.77. The van der Waals surface area contributed by atoms with E-state index in [2.05, 4.69) is 43.0 Å². The summed E-state index contributed by atoms with van der Waals surface area (Å²) < 4.78 is 0. The first-order valence-corrected chi connectivity index (χ1v) is 7.67. The fourth-order valence-electron chi connectivity index (χ4n) is 2.08. The predicted molar refractivity (Wildman–Crippen MR) is 84.3 cm³/mol. The lowest BCUT2D eigenvalue weighted by Crippen LogP contribution is -2.21. The third kappa shape index (κ3) is 4.08. The quantitative estimate of drug-likeness (QED) is 0.809. The standard InChI is InChI=1S/C16H22N2S/c1-3-15-9-10-16(19-15)12-18(4-2)11-13-5-7-14(17)8-6-13/h5-10H,3-4,11-12,17H2,1-2H3. The van der Waals surface area contributed by atoms with Gasteiger partial charge >= 0.3 is 0 Å². The van der Waals surface area contributed by atoms with E-state index >= 15 is 0 Å². The zero-order valence-electron chi connectivity index (χ0n) is 11.7. The van der Waals surface area contributed by atoms with Gasteiger partial charge in [0.1, 0.15) is 0 Å². The van der Waals surface area contributed by atoms with Gasteiger partial charge in [-0.3, -0.25) is 4.90 Å². The van der Waals surface area contributed by atoms with Gasteiger partial charge in [0, 0.05) is 28.5 Å². The van der Waals surface area contributed by atoms with E-state index in [1.54, 1.807) is 0 Å². The Morgan fingerprint density at radius 3 is 2.21 bits per heavy atom. The molecule has 0 aliphatic heterocycles. The molecule has 0 radical (unpaired) electrons. The third-order valence-electron chi connectivity index (χ3n) is 3.28. The molecule has 0 fully saturated rings. The van der Waals surface area contributed by atoms with Crippen molar-refractivity contribution in [1.29, 1.82) is 0 Å². The highest BCUT2D eigenvalue weighted by Gasteiger charge is 2.07. The molecule has 2 rings (SSSR count).